The average molecular weight is 258 g/mol. The number of amidine groups is 1. The quantitative estimate of drug-likeness (QED) is 0.554. The molecule has 0 heterocycles. The number of hydrogen-bond donors (Lipinski definition) is 3. The molecule has 0 aromatic heterocycles. The zero-order valence-corrected chi connectivity index (χ0v) is 10.1. The molecule has 0 saturated heterocycles. The minimum atomic E-state index is -0.495. The van der Waals surface area contributed by atoms with Crippen molar-refractivity contribution >= 4 is 24.3 Å². The molecule has 5 nitrogen and oxygen atoms in total. The van der Waals surface area contributed by atoms with Crippen LogP contribution in [0.15, 0.2) is 30.3 Å². The third-order valence-electron chi connectivity index (χ3n) is 1.88. The van der Waals surface area contributed by atoms with Gasteiger partial charge in [0.2, 0.25) is 0 Å². The lowest BCUT2D eigenvalue weighted by atomic mass is 10.2. The maximum Gasteiger partial charge on any atom is 0.407 e. The first-order valence-electron chi connectivity index (χ1n) is 4.96. The van der Waals surface area contributed by atoms with Crippen molar-refractivity contribution in [2.45, 2.75) is 13.0 Å². The van der Waals surface area contributed by atoms with E-state index in [-0.39, 0.29) is 24.8 Å². The fraction of sp³-hybridized carbons (Fsp3) is 0.273. The van der Waals surface area contributed by atoms with Gasteiger partial charge in [0.25, 0.3) is 0 Å². The fourth-order valence-electron chi connectivity index (χ4n) is 1.07. The number of amides is 1. The Morgan fingerprint density at radius 2 is 2.00 bits per heavy atom. The molecular weight excluding hydrogens is 242 g/mol. The molecule has 1 aromatic carbocycles. The summed E-state index contributed by atoms with van der Waals surface area (Å²) < 4.78 is 4.95. The molecule has 0 atom stereocenters. The Kier molecular flexibility index (Phi) is 7.54. The third kappa shape index (κ3) is 7.19. The van der Waals surface area contributed by atoms with E-state index in [0.717, 1.165) is 5.56 Å². The first-order valence-corrected chi connectivity index (χ1v) is 4.96. The molecule has 17 heavy (non-hydrogen) atoms. The van der Waals surface area contributed by atoms with Gasteiger partial charge in [-0.1, -0.05) is 30.3 Å². The van der Waals surface area contributed by atoms with Gasteiger partial charge in [0.1, 0.15) is 6.61 Å². The number of nitrogens with one attached hydrogen (secondary N) is 2. The Morgan fingerprint density at radius 1 is 1.35 bits per heavy atom. The molecule has 0 aliphatic heterocycles. The second kappa shape index (κ2) is 8.41. The van der Waals surface area contributed by atoms with Gasteiger partial charge in [-0.2, -0.15) is 0 Å². The van der Waals surface area contributed by atoms with Gasteiger partial charge >= 0.3 is 6.09 Å². The molecule has 0 fully saturated rings. The van der Waals surface area contributed by atoms with Crippen LogP contribution < -0.4 is 11.1 Å². The van der Waals surface area contributed by atoms with Crippen LogP contribution in [0.4, 0.5) is 4.79 Å². The van der Waals surface area contributed by atoms with Gasteiger partial charge < -0.3 is 15.8 Å². The zero-order chi connectivity index (χ0) is 11.8. The van der Waals surface area contributed by atoms with Crippen LogP contribution in [0.25, 0.3) is 0 Å². The highest BCUT2D eigenvalue weighted by Gasteiger charge is 2.01. The monoisotopic (exact) mass is 257 g/mol. The summed E-state index contributed by atoms with van der Waals surface area (Å²) in [4.78, 5) is 11.2. The molecule has 4 N–H and O–H groups in total. The largest absolute Gasteiger partial charge is 0.445 e. The molecule has 6 heteroatoms. The number of rotatable bonds is 5. The second-order valence-electron chi connectivity index (χ2n) is 3.26. The molecule has 0 saturated carbocycles. The first-order chi connectivity index (χ1) is 7.68. The SMILES string of the molecule is Cl.N=C(N)CCNC(=O)OCc1ccccc1. The number of hydrogen-bond acceptors (Lipinski definition) is 3. The van der Waals surface area contributed by atoms with E-state index in [1.54, 1.807) is 0 Å². The van der Waals surface area contributed by atoms with E-state index in [0.29, 0.717) is 13.0 Å². The lowest BCUT2D eigenvalue weighted by Gasteiger charge is -2.06. The Hall–Kier alpha value is -1.75. The minimum Gasteiger partial charge on any atom is -0.445 e. The molecule has 1 amide bonds. The maximum absolute atomic E-state index is 11.2. The molecule has 0 spiro atoms. The molecule has 1 rings (SSSR count). The first kappa shape index (κ1) is 15.2. The van der Waals surface area contributed by atoms with Crippen molar-refractivity contribution in [2.24, 2.45) is 5.73 Å². The predicted molar refractivity (Wildman–Crippen MR) is 68.4 cm³/mol. The van der Waals surface area contributed by atoms with Crippen molar-refractivity contribution in [3.8, 4) is 0 Å². The summed E-state index contributed by atoms with van der Waals surface area (Å²) in [5.74, 6) is 0.0448. The van der Waals surface area contributed by atoms with Gasteiger partial charge in [-0.15, -0.1) is 12.4 Å². The number of halogens is 1. The van der Waals surface area contributed by atoms with E-state index >= 15 is 0 Å². The number of carbonyl (C=O) groups excluding carboxylic acids is 1. The van der Waals surface area contributed by atoms with Crippen LogP contribution in [0, 0.1) is 5.41 Å². The van der Waals surface area contributed by atoms with Crippen LogP contribution in [-0.4, -0.2) is 18.5 Å². The molecule has 0 unspecified atom stereocenters. The lowest BCUT2D eigenvalue weighted by molar-refractivity contribution is 0.140. The van der Waals surface area contributed by atoms with Gasteiger partial charge in [-0.3, -0.25) is 5.41 Å². The predicted octanol–water partition coefficient (Wildman–Crippen LogP) is 1.66. The number of carbonyl (C=O) groups is 1. The van der Waals surface area contributed by atoms with Crippen LogP contribution in [0.3, 0.4) is 0 Å². The summed E-state index contributed by atoms with van der Waals surface area (Å²) in [5, 5.41) is 9.46. The van der Waals surface area contributed by atoms with E-state index in [1.807, 2.05) is 30.3 Å². The Balaban J connectivity index is 0.00000256. The van der Waals surface area contributed by atoms with Crippen LogP contribution in [-0.2, 0) is 11.3 Å². The van der Waals surface area contributed by atoms with E-state index in [2.05, 4.69) is 5.32 Å². The Labute approximate surface area is 106 Å². The van der Waals surface area contributed by atoms with Crippen molar-refractivity contribution in [2.75, 3.05) is 6.54 Å². The second-order valence-corrected chi connectivity index (χ2v) is 3.26. The summed E-state index contributed by atoms with van der Waals surface area (Å²) in [7, 11) is 0. The summed E-state index contributed by atoms with van der Waals surface area (Å²) in [6, 6.07) is 9.42. The summed E-state index contributed by atoms with van der Waals surface area (Å²) >= 11 is 0. The van der Waals surface area contributed by atoms with Gasteiger partial charge in [-0.25, -0.2) is 4.79 Å². The topological polar surface area (TPSA) is 88.2 Å². The van der Waals surface area contributed by atoms with E-state index in [1.165, 1.54) is 0 Å². The van der Waals surface area contributed by atoms with Crippen molar-refractivity contribution in [3.05, 3.63) is 35.9 Å². The zero-order valence-electron chi connectivity index (χ0n) is 9.31. The normalized spacial score (nSPS) is 8.94. The summed E-state index contributed by atoms with van der Waals surface area (Å²) in [6.07, 6.45) is -0.162. The van der Waals surface area contributed by atoms with Crippen LogP contribution in [0.5, 0.6) is 0 Å². The number of nitrogens with two attached hydrogens (primary N) is 1. The standard InChI is InChI=1S/C11H15N3O2.ClH/c12-10(13)6-7-14-11(15)16-8-9-4-2-1-3-5-9;/h1-5H,6-8H2,(H3,12,13)(H,14,15);1H. The highest BCUT2D eigenvalue weighted by atomic mass is 35.5. The smallest absolute Gasteiger partial charge is 0.407 e. The fourth-order valence-corrected chi connectivity index (χ4v) is 1.07. The number of benzene rings is 1. The van der Waals surface area contributed by atoms with E-state index in [4.69, 9.17) is 15.9 Å². The van der Waals surface area contributed by atoms with Crippen molar-refractivity contribution in [3.63, 3.8) is 0 Å². The third-order valence-corrected chi connectivity index (χ3v) is 1.88. The Bertz CT molecular complexity index is 357. The molecule has 1 aromatic rings. The number of alkyl carbamates (subject to hydrolysis) is 1. The molecule has 0 aliphatic carbocycles. The minimum absolute atomic E-state index is 0. The summed E-state index contributed by atoms with van der Waals surface area (Å²) in [5.41, 5.74) is 6.07. The van der Waals surface area contributed by atoms with Crippen LogP contribution in [0.2, 0.25) is 0 Å². The lowest BCUT2D eigenvalue weighted by Crippen LogP contribution is -2.28. The van der Waals surface area contributed by atoms with Crippen LogP contribution >= 0.6 is 12.4 Å². The molecular formula is C11H16ClN3O2. The van der Waals surface area contributed by atoms with Gasteiger partial charge in [0.05, 0.1) is 5.84 Å². The highest BCUT2D eigenvalue weighted by molar-refractivity contribution is 5.85. The Morgan fingerprint density at radius 3 is 2.59 bits per heavy atom. The highest BCUT2D eigenvalue weighted by Crippen LogP contribution is 2.00. The molecule has 94 valence electrons. The van der Waals surface area contributed by atoms with Crippen molar-refractivity contribution < 1.29 is 9.53 Å². The van der Waals surface area contributed by atoms with Crippen molar-refractivity contribution in [1.82, 2.24) is 5.32 Å². The summed E-state index contributed by atoms with van der Waals surface area (Å²) in [6.45, 7) is 0.565. The van der Waals surface area contributed by atoms with Crippen LogP contribution in [0.1, 0.15) is 12.0 Å². The van der Waals surface area contributed by atoms with Gasteiger partial charge in [-0.05, 0) is 5.56 Å². The number of ether oxygens (including phenoxy) is 1. The van der Waals surface area contributed by atoms with Gasteiger partial charge in [0, 0.05) is 13.0 Å². The van der Waals surface area contributed by atoms with Crippen molar-refractivity contribution in [1.29, 1.82) is 5.41 Å². The maximum atomic E-state index is 11.2. The average Bonchev–Trinajstić information content (AvgIpc) is 2.27. The molecule has 0 bridgehead atoms. The van der Waals surface area contributed by atoms with E-state index < -0.39 is 6.09 Å². The van der Waals surface area contributed by atoms with Gasteiger partial charge in [0.15, 0.2) is 0 Å². The molecule has 0 radical (unpaired) electrons. The van der Waals surface area contributed by atoms with E-state index in [9.17, 15) is 4.79 Å². The molecule has 0 aliphatic rings.